The van der Waals surface area contributed by atoms with Crippen molar-refractivity contribution in [3.8, 4) is 0 Å². The van der Waals surface area contributed by atoms with E-state index in [1.54, 1.807) is 0 Å². The number of nitrogens with two attached hydrogens (primary N) is 1. The van der Waals surface area contributed by atoms with E-state index < -0.39 is 0 Å². The van der Waals surface area contributed by atoms with E-state index >= 15 is 0 Å². The quantitative estimate of drug-likeness (QED) is 0.863. The molecule has 2 aromatic carbocycles. The molecule has 0 fully saturated rings. The maximum Gasteiger partial charge on any atom is 0.224 e. The summed E-state index contributed by atoms with van der Waals surface area (Å²) in [4.78, 5) is 11.9. The van der Waals surface area contributed by atoms with E-state index in [1.807, 2.05) is 31.2 Å². The number of amides is 1. The topological polar surface area (TPSA) is 55.1 Å². The summed E-state index contributed by atoms with van der Waals surface area (Å²) in [5.41, 5.74) is 6.72. The van der Waals surface area contributed by atoms with Crippen LogP contribution in [0.3, 0.4) is 0 Å². The van der Waals surface area contributed by atoms with Crippen LogP contribution in [0.1, 0.15) is 18.9 Å². The second-order valence-electron chi connectivity index (χ2n) is 4.70. The van der Waals surface area contributed by atoms with Crippen molar-refractivity contribution < 1.29 is 4.79 Å². The van der Waals surface area contributed by atoms with Gasteiger partial charge in [0.15, 0.2) is 0 Å². The molecule has 3 heteroatoms. The van der Waals surface area contributed by atoms with Crippen molar-refractivity contribution in [3.05, 3.63) is 48.0 Å². The maximum absolute atomic E-state index is 11.9. The Balaban J connectivity index is 2.12. The molecule has 0 aromatic heterocycles. The molecule has 100 valence electrons. The second kappa shape index (κ2) is 6.34. The van der Waals surface area contributed by atoms with Gasteiger partial charge in [0.2, 0.25) is 5.91 Å². The van der Waals surface area contributed by atoms with Crippen LogP contribution in [0.2, 0.25) is 0 Å². The lowest BCUT2D eigenvalue weighted by Crippen LogP contribution is -2.34. The molecule has 3 nitrogen and oxygen atoms in total. The van der Waals surface area contributed by atoms with Gasteiger partial charge in [-0.15, -0.1) is 0 Å². The largest absolute Gasteiger partial charge is 0.352 e. The third kappa shape index (κ3) is 3.12. The summed E-state index contributed by atoms with van der Waals surface area (Å²) in [7, 11) is 0. The Hall–Kier alpha value is -1.87. The zero-order valence-electron chi connectivity index (χ0n) is 11.2. The predicted molar refractivity (Wildman–Crippen MR) is 78.6 cm³/mol. The third-order valence-corrected chi connectivity index (χ3v) is 3.48. The minimum Gasteiger partial charge on any atom is -0.352 e. The van der Waals surface area contributed by atoms with Gasteiger partial charge in [0.05, 0.1) is 0 Å². The monoisotopic (exact) mass is 256 g/mol. The first-order chi connectivity index (χ1) is 9.26. The molecule has 0 aliphatic rings. The van der Waals surface area contributed by atoms with Crippen LogP contribution in [0, 0.1) is 5.92 Å². The smallest absolute Gasteiger partial charge is 0.224 e. The number of rotatable bonds is 5. The molecule has 2 aromatic rings. The van der Waals surface area contributed by atoms with Crippen LogP contribution in [0.4, 0.5) is 0 Å². The Kier molecular flexibility index (Phi) is 4.53. The zero-order chi connectivity index (χ0) is 13.7. The maximum atomic E-state index is 11.9. The Bertz CT molecular complexity index is 556. The fourth-order valence-corrected chi connectivity index (χ4v) is 2.23. The lowest BCUT2D eigenvalue weighted by Gasteiger charge is -2.13. The normalized spacial score (nSPS) is 12.3. The Morgan fingerprint density at radius 1 is 1.21 bits per heavy atom. The van der Waals surface area contributed by atoms with Crippen LogP contribution in [-0.2, 0) is 11.3 Å². The summed E-state index contributed by atoms with van der Waals surface area (Å²) in [5, 5.41) is 5.35. The molecule has 0 bridgehead atoms. The van der Waals surface area contributed by atoms with Gasteiger partial charge in [0.25, 0.3) is 0 Å². The number of carbonyl (C=O) groups excluding carboxylic acids is 1. The summed E-state index contributed by atoms with van der Waals surface area (Å²) in [6, 6.07) is 14.3. The highest BCUT2D eigenvalue weighted by molar-refractivity contribution is 5.86. The molecule has 2 rings (SSSR count). The van der Waals surface area contributed by atoms with E-state index in [0.717, 1.165) is 12.0 Å². The molecular formula is C16H20N2O. The molecule has 0 aliphatic carbocycles. The van der Waals surface area contributed by atoms with Crippen LogP contribution in [0.15, 0.2) is 42.5 Å². The minimum absolute atomic E-state index is 0.0398. The third-order valence-electron chi connectivity index (χ3n) is 3.48. The number of carbonyl (C=O) groups is 1. The first-order valence-electron chi connectivity index (χ1n) is 6.70. The first kappa shape index (κ1) is 13.6. The fourth-order valence-electron chi connectivity index (χ4n) is 2.23. The summed E-state index contributed by atoms with van der Waals surface area (Å²) >= 11 is 0. The van der Waals surface area contributed by atoms with Crippen molar-refractivity contribution in [2.45, 2.75) is 19.9 Å². The molecule has 0 radical (unpaired) electrons. The molecule has 1 amide bonds. The lowest BCUT2D eigenvalue weighted by molar-refractivity contribution is -0.124. The van der Waals surface area contributed by atoms with Gasteiger partial charge in [0.1, 0.15) is 0 Å². The van der Waals surface area contributed by atoms with Gasteiger partial charge in [-0.1, -0.05) is 49.4 Å². The van der Waals surface area contributed by atoms with Gasteiger partial charge < -0.3 is 11.1 Å². The molecular weight excluding hydrogens is 236 g/mol. The summed E-state index contributed by atoms with van der Waals surface area (Å²) < 4.78 is 0. The SMILES string of the molecule is CCC(CN)C(=O)NCc1cccc2ccccc12. The van der Waals surface area contributed by atoms with Gasteiger partial charge in [-0.25, -0.2) is 0 Å². The molecule has 19 heavy (non-hydrogen) atoms. The first-order valence-corrected chi connectivity index (χ1v) is 6.70. The van der Waals surface area contributed by atoms with Gasteiger partial charge in [-0.3, -0.25) is 4.79 Å². The Morgan fingerprint density at radius 2 is 1.95 bits per heavy atom. The highest BCUT2D eigenvalue weighted by Crippen LogP contribution is 2.18. The number of hydrogen-bond acceptors (Lipinski definition) is 2. The van der Waals surface area contributed by atoms with Crippen molar-refractivity contribution in [3.63, 3.8) is 0 Å². The highest BCUT2D eigenvalue weighted by atomic mass is 16.1. The fraction of sp³-hybridized carbons (Fsp3) is 0.312. The lowest BCUT2D eigenvalue weighted by atomic mass is 10.0. The van der Waals surface area contributed by atoms with E-state index in [9.17, 15) is 4.79 Å². The number of nitrogens with one attached hydrogen (secondary N) is 1. The summed E-state index contributed by atoms with van der Waals surface area (Å²) in [6.07, 6.45) is 0.776. The van der Waals surface area contributed by atoms with Crippen LogP contribution in [0.5, 0.6) is 0 Å². The standard InChI is InChI=1S/C16H20N2O/c1-2-12(10-17)16(19)18-11-14-8-5-7-13-6-3-4-9-15(13)14/h3-9,12H,2,10-11,17H2,1H3,(H,18,19). The minimum atomic E-state index is -0.0880. The van der Waals surface area contributed by atoms with Gasteiger partial charge in [-0.05, 0) is 22.8 Å². The van der Waals surface area contributed by atoms with E-state index in [2.05, 4.69) is 23.5 Å². The number of benzene rings is 2. The van der Waals surface area contributed by atoms with Crippen molar-refractivity contribution in [2.75, 3.05) is 6.54 Å². The molecule has 0 saturated heterocycles. The molecule has 1 atom stereocenters. The van der Waals surface area contributed by atoms with E-state index in [0.29, 0.717) is 13.1 Å². The van der Waals surface area contributed by atoms with Crippen molar-refractivity contribution in [1.29, 1.82) is 0 Å². The average Bonchev–Trinajstić information content (AvgIpc) is 2.46. The Labute approximate surface area is 113 Å². The predicted octanol–water partition coefficient (Wildman–Crippen LogP) is 2.44. The van der Waals surface area contributed by atoms with E-state index in [4.69, 9.17) is 5.73 Å². The van der Waals surface area contributed by atoms with E-state index in [1.165, 1.54) is 10.8 Å². The van der Waals surface area contributed by atoms with Crippen LogP contribution >= 0.6 is 0 Å². The van der Waals surface area contributed by atoms with Gasteiger partial charge >= 0.3 is 0 Å². The summed E-state index contributed by atoms with van der Waals surface area (Å²) in [5.74, 6) is -0.0482. The van der Waals surface area contributed by atoms with Crippen molar-refractivity contribution >= 4 is 16.7 Å². The molecule has 3 N–H and O–H groups in total. The van der Waals surface area contributed by atoms with Gasteiger partial charge in [-0.2, -0.15) is 0 Å². The Morgan fingerprint density at radius 3 is 2.68 bits per heavy atom. The molecule has 0 heterocycles. The van der Waals surface area contributed by atoms with Crippen LogP contribution in [0.25, 0.3) is 10.8 Å². The summed E-state index contributed by atoms with van der Waals surface area (Å²) in [6.45, 7) is 2.93. The molecule has 0 spiro atoms. The van der Waals surface area contributed by atoms with Gasteiger partial charge in [0, 0.05) is 19.0 Å². The zero-order valence-corrected chi connectivity index (χ0v) is 11.2. The number of fused-ring (bicyclic) bond motifs is 1. The average molecular weight is 256 g/mol. The van der Waals surface area contributed by atoms with Crippen molar-refractivity contribution in [2.24, 2.45) is 11.7 Å². The highest BCUT2D eigenvalue weighted by Gasteiger charge is 2.13. The molecule has 0 saturated carbocycles. The molecule has 1 unspecified atom stereocenters. The van der Waals surface area contributed by atoms with E-state index in [-0.39, 0.29) is 11.8 Å². The second-order valence-corrected chi connectivity index (χ2v) is 4.70. The van der Waals surface area contributed by atoms with Crippen molar-refractivity contribution in [1.82, 2.24) is 5.32 Å². The molecule has 0 aliphatic heterocycles. The number of hydrogen-bond donors (Lipinski definition) is 2. The van der Waals surface area contributed by atoms with Crippen LogP contribution in [-0.4, -0.2) is 12.5 Å². The van der Waals surface area contributed by atoms with Crippen LogP contribution < -0.4 is 11.1 Å².